The fourth-order valence-electron chi connectivity index (χ4n) is 5.80. The summed E-state index contributed by atoms with van der Waals surface area (Å²) in [4.78, 5) is 5.78. The van der Waals surface area contributed by atoms with Gasteiger partial charge in [-0.3, -0.25) is 0 Å². The van der Waals surface area contributed by atoms with Gasteiger partial charge in [0.2, 0.25) is 0 Å². The molecular formula is C26H31F3N2. The van der Waals surface area contributed by atoms with Crippen LogP contribution in [0.25, 0.3) is 0 Å². The number of aryl methyl sites for hydroxylation is 2. The molecule has 1 aromatic carbocycles. The molecule has 1 atom stereocenters. The molecule has 1 aromatic heterocycles. The number of rotatable bonds is 3. The van der Waals surface area contributed by atoms with Gasteiger partial charge in [-0.25, -0.2) is 4.98 Å². The highest BCUT2D eigenvalue weighted by atomic mass is 19.4. The molecule has 0 spiro atoms. The summed E-state index contributed by atoms with van der Waals surface area (Å²) < 4.78 is 38.3. The number of hydrogen-bond donors (Lipinski definition) is 0. The van der Waals surface area contributed by atoms with Crippen LogP contribution in [0.15, 0.2) is 36.5 Å². The molecule has 31 heavy (non-hydrogen) atoms. The standard InChI is InChI=1S/C26H31F3N2/c27-26(28,29)25-11-10-24(17-30-25)31-14-12-21(13-15-31)23-9-7-20-5-4-19(18-2-1-3-18)6-8-22(20)16-23/h7,9-11,16-19,21H,1-6,8,12-15H2. The lowest BCUT2D eigenvalue weighted by molar-refractivity contribution is -0.141. The van der Waals surface area contributed by atoms with Crippen molar-refractivity contribution in [2.45, 2.75) is 69.9 Å². The molecule has 3 aliphatic rings. The number of hydrogen-bond acceptors (Lipinski definition) is 2. The zero-order valence-corrected chi connectivity index (χ0v) is 18.0. The maximum Gasteiger partial charge on any atom is 0.433 e. The molecule has 166 valence electrons. The number of alkyl halides is 3. The molecule has 1 saturated heterocycles. The van der Waals surface area contributed by atoms with Gasteiger partial charge in [0.1, 0.15) is 5.69 Å². The molecule has 0 N–H and O–H groups in total. The summed E-state index contributed by atoms with van der Waals surface area (Å²) in [5.41, 5.74) is 4.53. The maximum absolute atomic E-state index is 12.8. The lowest BCUT2D eigenvalue weighted by Crippen LogP contribution is -2.33. The van der Waals surface area contributed by atoms with Gasteiger partial charge >= 0.3 is 6.18 Å². The lowest BCUT2D eigenvalue weighted by atomic mass is 9.73. The maximum atomic E-state index is 12.8. The van der Waals surface area contributed by atoms with Crippen LogP contribution in [-0.2, 0) is 19.0 Å². The van der Waals surface area contributed by atoms with Crippen LogP contribution >= 0.6 is 0 Å². The molecule has 2 heterocycles. The average molecular weight is 429 g/mol. The topological polar surface area (TPSA) is 16.1 Å². The van der Waals surface area contributed by atoms with E-state index in [0.717, 1.165) is 49.5 Å². The Morgan fingerprint density at radius 1 is 0.806 bits per heavy atom. The normalized spacial score (nSPS) is 23.2. The van der Waals surface area contributed by atoms with Crippen LogP contribution in [0.5, 0.6) is 0 Å². The van der Waals surface area contributed by atoms with Crippen molar-refractivity contribution in [3.8, 4) is 0 Å². The third kappa shape index (κ3) is 4.47. The van der Waals surface area contributed by atoms with E-state index in [-0.39, 0.29) is 0 Å². The fraction of sp³-hybridized carbons (Fsp3) is 0.577. The van der Waals surface area contributed by atoms with Gasteiger partial charge in [-0.2, -0.15) is 13.2 Å². The highest BCUT2D eigenvalue weighted by Gasteiger charge is 2.32. The number of nitrogens with zero attached hydrogens (tertiary/aromatic N) is 2. The molecule has 1 saturated carbocycles. The van der Waals surface area contributed by atoms with Gasteiger partial charge in [-0.1, -0.05) is 37.5 Å². The molecule has 1 aliphatic heterocycles. The zero-order chi connectivity index (χ0) is 21.4. The van der Waals surface area contributed by atoms with Crippen molar-refractivity contribution >= 4 is 5.69 Å². The van der Waals surface area contributed by atoms with E-state index in [9.17, 15) is 13.2 Å². The highest BCUT2D eigenvalue weighted by Crippen LogP contribution is 2.41. The van der Waals surface area contributed by atoms with E-state index in [1.54, 1.807) is 17.2 Å². The number of piperidine rings is 1. The molecule has 0 amide bonds. The van der Waals surface area contributed by atoms with Gasteiger partial charge in [-0.05, 0) is 85.1 Å². The molecule has 1 unspecified atom stereocenters. The number of fused-ring (bicyclic) bond motifs is 1. The third-order valence-electron chi connectivity index (χ3n) is 7.99. The number of anilines is 1. The Labute approximate surface area is 182 Å². The zero-order valence-electron chi connectivity index (χ0n) is 18.0. The van der Waals surface area contributed by atoms with Crippen LogP contribution in [-0.4, -0.2) is 18.1 Å². The summed E-state index contributed by atoms with van der Waals surface area (Å²) in [6.45, 7) is 1.72. The molecular weight excluding hydrogens is 397 g/mol. The summed E-state index contributed by atoms with van der Waals surface area (Å²) in [6, 6.07) is 9.82. The van der Waals surface area contributed by atoms with E-state index < -0.39 is 11.9 Å². The van der Waals surface area contributed by atoms with Crippen molar-refractivity contribution in [2.75, 3.05) is 18.0 Å². The molecule has 0 bridgehead atoms. The summed E-state index contributed by atoms with van der Waals surface area (Å²) >= 11 is 0. The summed E-state index contributed by atoms with van der Waals surface area (Å²) in [6.07, 6.45) is 8.53. The number of halogens is 3. The Bertz CT molecular complexity index is 894. The molecule has 5 heteroatoms. The number of pyridine rings is 1. The summed E-state index contributed by atoms with van der Waals surface area (Å²) in [5, 5.41) is 0. The Hall–Kier alpha value is -2.04. The number of aromatic nitrogens is 1. The van der Waals surface area contributed by atoms with Crippen LogP contribution < -0.4 is 4.90 Å². The highest BCUT2D eigenvalue weighted by molar-refractivity contribution is 5.46. The minimum atomic E-state index is -4.38. The van der Waals surface area contributed by atoms with Crippen molar-refractivity contribution in [1.82, 2.24) is 4.98 Å². The van der Waals surface area contributed by atoms with Gasteiger partial charge in [0.25, 0.3) is 0 Å². The van der Waals surface area contributed by atoms with Crippen molar-refractivity contribution in [3.05, 3.63) is 58.9 Å². The Kier molecular flexibility index (Phi) is 5.70. The predicted octanol–water partition coefficient (Wildman–Crippen LogP) is 6.78. The molecule has 2 aromatic rings. The first-order chi connectivity index (χ1) is 15.0. The molecule has 0 radical (unpaired) electrons. The van der Waals surface area contributed by atoms with Gasteiger partial charge in [-0.15, -0.1) is 0 Å². The number of benzene rings is 1. The second-order valence-electron chi connectivity index (χ2n) is 9.72. The minimum absolute atomic E-state index is 0.537. The van der Waals surface area contributed by atoms with Crippen molar-refractivity contribution in [3.63, 3.8) is 0 Å². The Morgan fingerprint density at radius 3 is 2.13 bits per heavy atom. The quantitative estimate of drug-likeness (QED) is 0.501. The van der Waals surface area contributed by atoms with Crippen LogP contribution in [0, 0.1) is 11.8 Å². The molecule has 2 aliphatic carbocycles. The van der Waals surface area contributed by atoms with Crippen molar-refractivity contribution in [2.24, 2.45) is 11.8 Å². The Balaban J connectivity index is 1.21. The smallest absolute Gasteiger partial charge is 0.370 e. The minimum Gasteiger partial charge on any atom is -0.370 e. The van der Waals surface area contributed by atoms with Gasteiger partial charge < -0.3 is 4.90 Å². The summed E-state index contributed by atoms with van der Waals surface area (Å²) in [5.74, 6) is 2.44. The lowest BCUT2D eigenvalue weighted by Gasteiger charge is -2.34. The largest absolute Gasteiger partial charge is 0.433 e. The van der Waals surface area contributed by atoms with Gasteiger partial charge in [0, 0.05) is 13.1 Å². The first-order valence-corrected chi connectivity index (χ1v) is 11.9. The van der Waals surface area contributed by atoms with E-state index in [4.69, 9.17) is 0 Å². The average Bonchev–Trinajstić information content (AvgIpc) is 2.94. The first kappa shape index (κ1) is 20.8. The van der Waals surface area contributed by atoms with Crippen LogP contribution in [0.3, 0.4) is 0 Å². The van der Waals surface area contributed by atoms with E-state index in [1.165, 1.54) is 56.7 Å². The van der Waals surface area contributed by atoms with Gasteiger partial charge in [0.05, 0.1) is 11.9 Å². The summed E-state index contributed by atoms with van der Waals surface area (Å²) in [7, 11) is 0. The van der Waals surface area contributed by atoms with E-state index in [0.29, 0.717) is 5.92 Å². The van der Waals surface area contributed by atoms with Crippen LogP contribution in [0.1, 0.15) is 73.2 Å². The van der Waals surface area contributed by atoms with E-state index >= 15 is 0 Å². The van der Waals surface area contributed by atoms with E-state index in [2.05, 4.69) is 28.1 Å². The first-order valence-electron chi connectivity index (χ1n) is 11.9. The van der Waals surface area contributed by atoms with Crippen LogP contribution in [0.4, 0.5) is 18.9 Å². The fourth-order valence-corrected chi connectivity index (χ4v) is 5.80. The second-order valence-corrected chi connectivity index (χ2v) is 9.72. The van der Waals surface area contributed by atoms with Crippen LogP contribution in [0.2, 0.25) is 0 Å². The van der Waals surface area contributed by atoms with Gasteiger partial charge in [0.15, 0.2) is 0 Å². The SMILES string of the molecule is FC(F)(F)c1ccc(N2CCC(c3ccc4c(c3)CCC(C3CCC3)CC4)CC2)cn1. The second kappa shape index (κ2) is 8.48. The third-order valence-corrected chi connectivity index (χ3v) is 7.99. The predicted molar refractivity (Wildman–Crippen MR) is 117 cm³/mol. The Morgan fingerprint density at radius 2 is 1.52 bits per heavy atom. The van der Waals surface area contributed by atoms with E-state index in [1.807, 2.05) is 0 Å². The molecule has 2 fully saturated rings. The molecule has 5 rings (SSSR count). The molecule has 2 nitrogen and oxygen atoms in total. The van der Waals surface area contributed by atoms with Crippen molar-refractivity contribution < 1.29 is 13.2 Å². The monoisotopic (exact) mass is 428 g/mol. The van der Waals surface area contributed by atoms with Crippen molar-refractivity contribution in [1.29, 1.82) is 0 Å².